The van der Waals surface area contributed by atoms with E-state index in [1.54, 1.807) is 24.3 Å². The van der Waals surface area contributed by atoms with E-state index in [0.29, 0.717) is 17.1 Å². The van der Waals surface area contributed by atoms with Gasteiger partial charge in [-0.25, -0.2) is 4.99 Å². The van der Waals surface area contributed by atoms with E-state index in [-0.39, 0.29) is 23.0 Å². The van der Waals surface area contributed by atoms with Gasteiger partial charge in [-0.3, -0.25) is 10.1 Å². The maximum Gasteiger partial charge on any atom is 0.433 e. The third-order valence-electron chi connectivity index (χ3n) is 3.62. The van der Waals surface area contributed by atoms with Gasteiger partial charge in [0.1, 0.15) is 22.3 Å². The molecule has 4 heterocycles. The fourth-order valence-corrected chi connectivity index (χ4v) is 2.48. The molecular formula is C18H9N3O6. The first-order valence-electron chi connectivity index (χ1n) is 7.60. The van der Waals surface area contributed by atoms with Crippen LogP contribution in [-0.2, 0) is 0 Å². The predicted molar refractivity (Wildman–Crippen MR) is 91.4 cm³/mol. The highest BCUT2D eigenvalue weighted by molar-refractivity contribution is 5.86. The molecule has 0 saturated carbocycles. The van der Waals surface area contributed by atoms with Gasteiger partial charge in [-0.1, -0.05) is 0 Å². The Morgan fingerprint density at radius 2 is 1.81 bits per heavy atom. The summed E-state index contributed by atoms with van der Waals surface area (Å²) in [5, 5.41) is 20.3. The monoisotopic (exact) mass is 363 g/mol. The molecule has 4 aromatic rings. The van der Waals surface area contributed by atoms with E-state index < -0.39 is 10.8 Å². The molecule has 132 valence electrons. The SMILES string of the molecule is N#Cc1c(N=Cc2ccc([N+](=O)[O-])o2)oc(-c2ccco2)c1-c1ccco1. The molecule has 0 aliphatic heterocycles. The Kier molecular flexibility index (Phi) is 3.91. The van der Waals surface area contributed by atoms with E-state index in [1.807, 2.05) is 6.07 Å². The molecule has 0 fully saturated rings. The van der Waals surface area contributed by atoms with Gasteiger partial charge in [0.15, 0.2) is 17.3 Å². The minimum Gasteiger partial charge on any atom is -0.464 e. The summed E-state index contributed by atoms with van der Waals surface area (Å²) >= 11 is 0. The average Bonchev–Trinajstić information content (AvgIpc) is 3.46. The van der Waals surface area contributed by atoms with Gasteiger partial charge in [0.05, 0.1) is 30.4 Å². The maximum atomic E-state index is 10.7. The molecule has 0 amide bonds. The van der Waals surface area contributed by atoms with Crippen LogP contribution in [-0.4, -0.2) is 11.1 Å². The maximum absolute atomic E-state index is 10.7. The van der Waals surface area contributed by atoms with Gasteiger partial charge in [0.2, 0.25) is 5.88 Å². The number of nitriles is 1. The number of rotatable bonds is 5. The van der Waals surface area contributed by atoms with E-state index in [4.69, 9.17) is 17.7 Å². The summed E-state index contributed by atoms with van der Waals surface area (Å²) in [6, 6.07) is 11.4. The number of hydrogen-bond donors (Lipinski definition) is 0. The molecule has 0 unspecified atom stereocenters. The lowest BCUT2D eigenvalue weighted by molar-refractivity contribution is -0.402. The second-order valence-corrected chi connectivity index (χ2v) is 5.24. The van der Waals surface area contributed by atoms with Gasteiger partial charge in [-0.05, 0) is 30.3 Å². The molecular weight excluding hydrogens is 354 g/mol. The summed E-state index contributed by atoms with van der Waals surface area (Å²) < 4.78 is 21.5. The molecule has 9 nitrogen and oxygen atoms in total. The second kappa shape index (κ2) is 6.53. The molecule has 27 heavy (non-hydrogen) atoms. The first-order chi connectivity index (χ1) is 13.2. The number of nitrogens with zero attached hydrogens (tertiary/aromatic N) is 3. The van der Waals surface area contributed by atoms with E-state index in [0.717, 1.165) is 0 Å². The lowest BCUT2D eigenvalue weighted by Gasteiger charge is -1.96. The Bertz CT molecular complexity index is 1160. The van der Waals surface area contributed by atoms with E-state index in [1.165, 1.54) is 30.9 Å². The first kappa shape index (κ1) is 16.2. The van der Waals surface area contributed by atoms with Crippen molar-refractivity contribution in [2.75, 3.05) is 0 Å². The van der Waals surface area contributed by atoms with Crippen LogP contribution in [0.4, 0.5) is 11.8 Å². The molecule has 0 radical (unpaired) electrons. The standard InChI is InChI=1S/C18H9N3O6/c19-9-12-16(13-3-1-7-24-13)17(14-4-2-8-25-14)27-18(12)20-10-11-5-6-15(26-11)21(22)23/h1-8,10H. The van der Waals surface area contributed by atoms with Crippen LogP contribution in [0, 0.1) is 21.4 Å². The van der Waals surface area contributed by atoms with Crippen molar-refractivity contribution in [1.29, 1.82) is 5.26 Å². The molecule has 0 saturated heterocycles. The second-order valence-electron chi connectivity index (χ2n) is 5.24. The quantitative estimate of drug-likeness (QED) is 0.279. The molecule has 9 heteroatoms. The van der Waals surface area contributed by atoms with Crippen LogP contribution in [0.25, 0.3) is 22.8 Å². The zero-order valence-corrected chi connectivity index (χ0v) is 13.5. The van der Waals surface area contributed by atoms with Gasteiger partial charge < -0.3 is 17.7 Å². The third-order valence-corrected chi connectivity index (χ3v) is 3.62. The minimum atomic E-state index is -0.658. The molecule has 0 spiro atoms. The predicted octanol–water partition coefficient (Wildman–Crippen LogP) is 4.92. The van der Waals surface area contributed by atoms with E-state index >= 15 is 0 Å². The summed E-state index contributed by atoms with van der Waals surface area (Å²) in [5.41, 5.74) is 0.531. The van der Waals surface area contributed by atoms with E-state index in [9.17, 15) is 15.4 Å². The summed E-state index contributed by atoms with van der Waals surface area (Å²) in [6.45, 7) is 0. The first-order valence-corrected chi connectivity index (χ1v) is 7.60. The van der Waals surface area contributed by atoms with Crippen LogP contribution in [0.3, 0.4) is 0 Å². The number of hydrogen-bond acceptors (Lipinski definition) is 8. The van der Waals surface area contributed by atoms with Crippen molar-refractivity contribution in [2.45, 2.75) is 0 Å². The highest BCUT2D eigenvalue weighted by Crippen LogP contribution is 2.42. The van der Waals surface area contributed by atoms with Crippen molar-refractivity contribution in [2.24, 2.45) is 4.99 Å². The lowest BCUT2D eigenvalue weighted by Crippen LogP contribution is -1.83. The Morgan fingerprint density at radius 3 is 2.41 bits per heavy atom. The number of nitro groups is 1. The third kappa shape index (κ3) is 2.91. The van der Waals surface area contributed by atoms with Crippen molar-refractivity contribution < 1.29 is 22.6 Å². The van der Waals surface area contributed by atoms with Crippen LogP contribution >= 0.6 is 0 Å². The van der Waals surface area contributed by atoms with E-state index in [2.05, 4.69) is 4.99 Å². The molecule has 0 aliphatic rings. The van der Waals surface area contributed by atoms with Gasteiger partial charge in [-0.15, -0.1) is 0 Å². The van der Waals surface area contributed by atoms with Crippen LogP contribution < -0.4 is 0 Å². The number of aliphatic imine (C=N–C) groups is 1. The largest absolute Gasteiger partial charge is 0.464 e. The molecule has 4 rings (SSSR count). The molecule has 0 atom stereocenters. The summed E-state index contributed by atoms with van der Waals surface area (Å²) in [4.78, 5) is 14.1. The summed E-state index contributed by atoms with van der Waals surface area (Å²) in [6.07, 6.45) is 4.17. The highest BCUT2D eigenvalue weighted by Gasteiger charge is 2.26. The van der Waals surface area contributed by atoms with Crippen molar-refractivity contribution in [1.82, 2.24) is 0 Å². The molecule has 0 N–H and O–H groups in total. The van der Waals surface area contributed by atoms with Crippen LogP contribution in [0.2, 0.25) is 0 Å². The topological polar surface area (TPSA) is 132 Å². The van der Waals surface area contributed by atoms with Crippen molar-refractivity contribution in [3.8, 4) is 28.9 Å². The van der Waals surface area contributed by atoms with Gasteiger partial charge in [0, 0.05) is 0 Å². The fraction of sp³-hybridized carbons (Fsp3) is 0. The van der Waals surface area contributed by atoms with Crippen LogP contribution in [0.15, 0.2) is 71.6 Å². The number of furan rings is 4. The van der Waals surface area contributed by atoms with Crippen molar-refractivity contribution in [3.05, 3.63) is 70.4 Å². The van der Waals surface area contributed by atoms with Crippen LogP contribution in [0.1, 0.15) is 11.3 Å². The average molecular weight is 363 g/mol. The Labute approximate surface area is 150 Å². The van der Waals surface area contributed by atoms with Gasteiger partial charge >= 0.3 is 5.88 Å². The Morgan fingerprint density at radius 1 is 1.07 bits per heavy atom. The molecule has 4 aromatic heterocycles. The zero-order valence-electron chi connectivity index (χ0n) is 13.5. The Balaban J connectivity index is 1.81. The molecule has 0 aliphatic carbocycles. The Hall–Kier alpha value is -4.32. The van der Waals surface area contributed by atoms with Gasteiger partial charge in [-0.2, -0.15) is 5.26 Å². The van der Waals surface area contributed by atoms with Crippen molar-refractivity contribution >= 4 is 18.0 Å². The zero-order chi connectivity index (χ0) is 18.8. The smallest absolute Gasteiger partial charge is 0.433 e. The summed E-state index contributed by atoms with van der Waals surface area (Å²) in [5.74, 6) is 0.813. The highest BCUT2D eigenvalue weighted by atomic mass is 16.6. The molecule has 0 aromatic carbocycles. The summed E-state index contributed by atoms with van der Waals surface area (Å²) in [7, 11) is 0. The fourth-order valence-electron chi connectivity index (χ4n) is 2.48. The van der Waals surface area contributed by atoms with Gasteiger partial charge in [0.25, 0.3) is 0 Å². The lowest BCUT2D eigenvalue weighted by atomic mass is 10.1. The normalized spacial score (nSPS) is 11.1. The molecule has 0 bridgehead atoms. The van der Waals surface area contributed by atoms with Crippen molar-refractivity contribution in [3.63, 3.8) is 0 Å². The van der Waals surface area contributed by atoms with Crippen LogP contribution in [0.5, 0.6) is 0 Å². The minimum absolute atomic E-state index is 0.00523.